The van der Waals surface area contributed by atoms with Crippen LogP contribution < -0.4 is 15.2 Å². The molecule has 4 N–H and O–H groups in total. The van der Waals surface area contributed by atoms with E-state index in [4.69, 9.17) is 5.73 Å². The minimum Gasteiger partial charge on any atom is -0.398 e. The topological polar surface area (TPSA) is 118 Å². The Bertz CT molecular complexity index is 706. The molecule has 0 aliphatic carbocycles. The van der Waals surface area contributed by atoms with Gasteiger partial charge in [0, 0.05) is 16.7 Å². The second kappa shape index (κ2) is 6.35. The van der Waals surface area contributed by atoms with Crippen LogP contribution in [0.4, 0.5) is 10.1 Å². The number of rotatable bonds is 6. The molecular formula is C9H13BrFN3O4S2. The van der Waals surface area contributed by atoms with Crippen LogP contribution in [-0.2, 0) is 20.0 Å². The molecular weight excluding hydrogens is 377 g/mol. The number of benzene rings is 1. The normalized spacial score (nSPS) is 12.6. The van der Waals surface area contributed by atoms with Gasteiger partial charge in [-0.1, -0.05) is 0 Å². The number of hydrogen-bond acceptors (Lipinski definition) is 5. The van der Waals surface area contributed by atoms with Crippen LogP contribution >= 0.6 is 15.9 Å². The van der Waals surface area contributed by atoms with Crippen LogP contribution in [0.1, 0.15) is 0 Å². The zero-order chi connectivity index (χ0) is 15.6. The van der Waals surface area contributed by atoms with Crippen molar-refractivity contribution in [2.75, 3.05) is 25.1 Å². The van der Waals surface area contributed by atoms with Gasteiger partial charge in [-0.25, -0.2) is 30.7 Å². The Labute approximate surface area is 125 Å². The van der Waals surface area contributed by atoms with Gasteiger partial charge in [0.15, 0.2) is 0 Å². The molecule has 0 aliphatic heterocycles. The van der Waals surface area contributed by atoms with Gasteiger partial charge in [-0.3, -0.25) is 0 Å². The van der Waals surface area contributed by atoms with E-state index in [0.717, 1.165) is 12.1 Å². The molecule has 1 aromatic carbocycles. The van der Waals surface area contributed by atoms with Crippen LogP contribution in [-0.4, -0.2) is 36.2 Å². The third kappa shape index (κ3) is 4.38. The van der Waals surface area contributed by atoms with E-state index >= 15 is 0 Å². The summed E-state index contributed by atoms with van der Waals surface area (Å²) >= 11 is 2.97. The highest BCUT2D eigenvalue weighted by atomic mass is 79.9. The van der Waals surface area contributed by atoms with Gasteiger partial charge in [-0.05, 0) is 35.1 Å². The first-order chi connectivity index (χ1) is 9.09. The maximum Gasteiger partial charge on any atom is 0.243 e. The van der Waals surface area contributed by atoms with Crippen molar-refractivity contribution in [2.45, 2.75) is 4.90 Å². The maximum absolute atomic E-state index is 13.6. The molecule has 0 atom stereocenters. The number of nitrogen functional groups attached to an aromatic ring is 1. The molecule has 0 aliphatic rings. The first kappa shape index (κ1) is 17.3. The summed E-state index contributed by atoms with van der Waals surface area (Å²) < 4.78 is 63.9. The molecule has 11 heteroatoms. The van der Waals surface area contributed by atoms with E-state index in [1.165, 1.54) is 7.05 Å². The fourth-order valence-electron chi connectivity index (χ4n) is 1.24. The molecule has 1 aromatic rings. The highest BCUT2D eigenvalue weighted by Crippen LogP contribution is 2.25. The van der Waals surface area contributed by atoms with Crippen molar-refractivity contribution in [1.29, 1.82) is 0 Å². The van der Waals surface area contributed by atoms with E-state index in [1.807, 2.05) is 9.44 Å². The fourth-order valence-corrected chi connectivity index (χ4v) is 3.38. The molecule has 0 heterocycles. The van der Waals surface area contributed by atoms with E-state index < -0.39 is 36.5 Å². The van der Waals surface area contributed by atoms with Crippen LogP contribution in [0.3, 0.4) is 0 Å². The molecule has 0 unspecified atom stereocenters. The van der Waals surface area contributed by atoms with Crippen molar-refractivity contribution in [2.24, 2.45) is 0 Å². The molecule has 0 spiro atoms. The average Bonchev–Trinajstić information content (AvgIpc) is 2.33. The number of halogens is 2. The quantitative estimate of drug-likeness (QED) is 0.591. The lowest BCUT2D eigenvalue weighted by Gasteiger charge is -2.09. The molecule has 0 aromatic heterocycles. The zero-order valence-electron chi connectivity index (χ0n) is 10.4. The third-order valence-electron chi connectivity index (χ3n) is 2.31. The van der Waals surface area contributed by atoms with Gasteiger partial charge in [0.1, 0.15) is 10.7 Å². The molecule has 7 nitrogen and oxygen atoms in total. The number of anilines is 1. The highest BCUT2D eigenvalue weighted by Gasteiger charge is 2.21. The number of nitrogens with one attached hydrogen (secondary N) is 2. The Kier molecular flexibility index (Phi) is 5.49. The van der Waals surface area contributed by atoms with Crippen molar-refractivity contribution < 1.29 is 21.2 Å². The van der Waals surface area contributed by atoms with Crippen LogP contribution in [0.15, 0.2) is 21.5 Å². The lowest BCUT2D eigenvalue weighted by Crippen LogP contribution is -2.33. The van der Waals surface area contributed by atoms with Gasteiger partial charge in [0.05, 0.1) is 5.75 Å². The molecule has 1 rings (SSSR count). The van der Waals surface area contributed by atoms with Gasteiger partial charge in [0.25, 0.3) is 0 Å². The smallest absolute Gasteiger partial charge is 0.243 e. The van der Waals surface area contributed by atoms with E-state index in [1.54, 1.807) is 0 Å². The minimum atomic E-state index is -4.18. The van der Waals surface area contributed by atoms with E-state index in [-0.39, 0.29) is 16.7 Å². The van der Waals surface area contributed by atoms with Gasteiger partial charge in [-0.15, -0.1) is 0 Å². The van der Waals surface area contributed by atoms with Gasteiger partial charge in [-0.2, -0.15) is 0 Å². The number of nitrogens with two attached hydrogens (primary N) is 1. The van der Waals surface area contributed by atoms with Crippen molar-refractivity contribution >= 4 is 41.7 Å². The molecule has 0 amide bonds. The van der Waals surface area contributed by atoms with Crippen LogP contribution in [0, 0.1) is 5.82 Å². The zero-order valence-corrected chi connectivity index (χ0v) is 13.6. The number of hydrogen-bond donors (Lipinski definition) is 3. The molecule has 0 saturated heterocycles. The molecule has 0 saturated carbocycles. The molecule has 114 valence electrons. The summed E-state index contributed by atoms with van der Waals surface area (Å²) in [5.41, 5.74) is 5.54. The summed E-state index contributed by atoms with van der Waals surface area (Å²) in [5.74, 6) is -1.45. The summed E-state index contributed by atoms with van der Waals surface area (Å²) in [7, 11) is -6.52. The fraction of sp³-hybridized carbons (Fsp3) is 0.333. The summed E-state index contributed by atoms with van der Waals surface area (Å²) in [6.07, 6.45) is 0. The second-order valence-electron chi connectivity index (χ2n) is 3.72. The summed E-state index contributed by atoms with van der Waals surface area (Å²) in [6.45, 7) is -0.388. The van der Waals surface area contributed by atoms with E-state index in [0.29, 0.717) is 0 Å². The minimum absolute atomic E-state index is 0.0506. The van der Waals surface area contributed by atoms with Crippen molar-refractivity contribution in [3.63, 3.8) is 0 Å². The second-order valence-corrected chi connectivity index (χ2v) is 8.36. The molecule has 0 fully saturated rings. The van der Waals surface area contributed by atoms with Crippen LogP contribution in [0.2, 0.25) is 0 Å². The average molecular weight is 390 g/mol. The summed E-state index contributed by atoms with van der Waals surface area (Å²) in [6, 6.07) is 1.88. The molecule has 20 heavy (non-hydrogen) atoms. The monoisotopic (exact) mass is 389 g/mol. The predicted molar refractivity (Wildman–Crippen MR) is 76.5 cm³/mol. The van der Waals surface area contributed by atoms with Gasteiger partial charge in [0.2, 0.25) is 20.0 Å². The molecule has 0 bridgehead atoms. The largest absolute Gasteiger partial charge is 0.398 e. The van der Waals surface area contributed by atoms with Gasteiger partial charge < -0.3 is 5.73 Å². The Hall–Kier alpha value is -0.750. The predicted octanol–water partition coefficient (Wildman–Crippen LogP) is -0.00210. The van der Waals surface area contributed by atoms with Gasteiger partial charge >= 0.3 is 0 Å². The SMILES string of the molecule is CNS(=O)(=O)CCNS(=O)(=O)c1cc(N)c(Br)cc1F. The van der Waals surface area contributed by atoms with Crippen LogP contribution in [0.25, 0.3) is 0 Å². The highest BCUT2D eigenvalue weighted by molar-refractivity contribution is 9.10. The standard InChI is InChI=1S/C9H13BrFN3O4S2/c1-13-19(15,16)3-2-14-20(17,18)9-5-8(12)6(10)4-7(9)11/h4-5,13-14H,2-3,12H2,1H3. The number of sulfonamides is 2. The lowest BCUT2D eigenvalue weighted by atomic mass is 10.3. The van der Waals surface area contributed by atoms with Crippen LogP contribution in [0.5, 0.6) is 0 Å². The van der Waals surface area contributed by atoms with Crippen molar-refractivity contribution in [3.05, 3.63) is 22.4 Å². The Morgan fingerprint density at radius 2 is 1.90 bits per heavy atom. The first-order valence-corrected chi connectivity index (χ1v) is 9.17. The molecule has 0 radical (unpaired) electrons. The van der Waals surface area contributed by atoms with Crippen molar-refractivity contribution in [3.8, 4) is 0 Å². The third-order valence-corrected chi connectivity index (χ3v) is 5.84. The first-order valence-electron chi connectivity index (χ1n) is 5.24. The van der Waals surface area contributed by atoms with E-state index in [2.05, 4.69) is 15.9 Å². The van der Waals surface area contributed by atoms with Crippen molar-refractivity contribution in [1.82, 2.24) is 9.44 Å². The summed E-state index contributed by atoms with van der Waals surface area (Å²) in [4.78, 5) is -0.639. The summed E-state index contributed by atoms with van der Waals surface area (Å²) in [5, 5.41) is 0. The Morgan fingerprint density at radius 3 is 2.45 bits per heavy atom. The Balaban J connectivity index is 2.93. The lowest BCUT2D eigenvalue weighted by molar-refractivity contribution is 0.557. The Morgan fingerprint density at radius 1 is 1.30 bits per heavy atom. The maximum atomic E-state index is 13.6. The van der Waals surface area contributed by atoms with E-state index in [9.17, 15) is 21.2 Å².